The second-order valence-electron chi connectivity index (χ2n) is 5.13. The maximum absolute atomic E-state index is 10.6. The molecule has 0 aromatic rings. The second kappa shape index (κ2) is 4.78. The van der Waals surface area contributed by atoms with Crippen molar-refractivity contribution in [3.63, 3.8) is 0 Å². The predicted molar refractivity (Wildman–Crippen MR) is 57.9 cm³/mol. The Kier molecular flexibility index (Phi) is 3.93. The molecule has 3 heteroatoms. The third-order valence-electron chi connectivity index (χ3n) is 3.01. The van der Waals surface area contributed by atoms with Gasteiger partial charge in [0.2, 0.25) is 5.91 Å². The first-order valence-electron chi connectivity index (χ1n) is 5.51. The van der Waals surface area contributed by atoms with Crippen molar-refractivity contribution in [1.82, 2.24) is 5.32 Å². The monoisotopic (exact) mass is 198 g/mol. The number of hydrogen-bond acceptors (Lipinski definition) is 2. The summed E-state index contributed by atoms with van der Waals surface area (Å²) in [4.78, 5) is 10.6. The summed E-state index contributed by atoms with van der Waals surface area (Å²) >= 11 is 0. The molecule has 82 valence electrons. The molecular weight excluding hydrogens is 176 g/mol. The number of nitrogens with one attached hydrogen (secondary N) is 1. The van der Waals surface area contributed by atoms with Gasteiger partial charge in [-0.05, 0) is 24.7 Å². The third-order valence-corrected chi connectivity index (χ3v) is 3.01. The zero-order valence-corrected chi connectivity index (χ0v) is 9.31. The van der Waals surface area contributed by atoms with Gasteiger partial charge in [-0.2, -0.15) is 0 Å². The van der Waals surface area contributed by atoms with Crippen LogP contribution in [0.4, 0.5) is 0 Å². The number of rotatable bonds is 4. The minimum atomic E-state index is -0.215. The maximum Gasteiger partial charge on any atom is 0.218 e. The fourth-order valence-corrected chi connectivity index (χ4v) is 2.27. The molecular formula is C11H22N2O. The van der Waals surface area contributed by atoms with Crippen LogP contribution in [0.3, 0.4) is 0 Å². The first kappa shape index (κ1) is 11.5. The molecule has 0 radical (unpaired) electrons. The Morgan fingerprint density at radius 2 is 2.29 bits per heavy atom. The maximum atomic E-state index is 10.6. The molecule has 1 fully saturated rings. The molecule has 0 saturated heterocycles. The topological polar surface area (TPSA) is 55.1 Å². The average Bonchev–Trinajstić information content (AvgIpc) is 2.01. The van der Waals surface area contributed by atoms with Crippen LogP contribution in [0.2, 0.25) is 0 Å². The van der Waals surface area contributed by atoms with Gasteiger partial charge in [-0.15, -0.1) is 0 Å². The Morgan fingerprint density at radius 3 is 2.86 bits per heavy atom. The standard InChI is InChI=1S/C11H22N2O/c1-11(2)6-3-4-9(8-11)13-7-5-10(12)14/h9,13H,3-8H2,1-2H3,(H2,12,14). The zero-order valence-electron chi connectivity index (χ0n) is 9.31. The van der Waals surface area contributed by atoms with Gasteiger partial charge in [0, 0.05) is 19.0 Å². The van der Waals surface area contributed by atoms with Crippen LogP contribution in [0, 0.1) is 5.41 Å². The molecule has 1 amide bonds. The largest absolute Gasteiger partial charge is 0.370 e. The first-order chi connectivity index (χ1) is 6.49. The van der Waals surface area contributed by atoms with Gasteiger partial charge in [0.05, 0.1) is 0 Å². The lowest BCUT2D eigenvalue weighted by Gasteiger charge is -2.35. The van der Waals surface area contributed by atoms with Crippen molar-refractivity contribution in [2.24, 2.45) is 11.1 Å². The van der Waals surface area contributed by atoms with Gasteiger partial charge in [0.25, 0.3) is 0 Å². The van der Waals surface area contributed by atoms with Gasteiger partial charge in [0.1, 0.15) is 0 Å². The Hall–Kier alpha value is -0.570. The summed E-state index contributed by atoms with van der Waals surface area (Å²) in [6.07, 6.45) is 5.52. The Bertz CT molecular complexity index is 201. The van der Waals surface area contributed by atoms with Gasteiger partial charge in [-0.3, -0.25) is 4.79 Å². The van der Waals surface area contributed by atoms with Crippen molar-refractivity contribution in [3.8, 4) is 0 Å². The van der Waals surface area contributed by atoms with E-state index in [1.54, 1.807) is 0 Å². The van der Waals surface area contributed by atoms with Crippen LogP contribution in [-0.4, -0.2) is 18.5 Å². The summed E-state index contributed by atoms with van der Waals surface area (Å²) in [5.41, 5.74) is 5.54. The van der Waals surface area contributed by atoms with Crippen LogP contribution in [0.5, 0.6) is 0 Å². The summed E-state index contributed by atoms with van der Waals surface area (Å²) in [6.45, 7) is 5.36. The van der Waals surface area contributed by atoms with Crippen LogP contribution < -0.4 is 11.1 Å². The fraction of sp³-hybridized carbons (Fsp3) is 0.909. The zero-order chi connectivity index (χ0) is 10.6. The third kappa shape index (κ3) is 4.09. The molecule has 0 spiro atoms. The van der Waals surface area contributed by atoms with Gasteiger partial charge < -0.3 is 11.1 Å². The molecule has 1 saturated carbocycles. The van der Waals surface area contributed by atoms with E-state index in [-0.39, 0.29) is 5.91 Å². The van der Waals surface area contributed by atoms with Crippen LogP contribution in [0.15, 0.2) is 0 Å². The number of carbonyl (C=O) groups excluding carboxylic acids is 1. The van der Waals surface area contributed by atoms with Crippen molar-refractivity contribution >= 4 is 5.91 Å². The molecule has 0 aromatic heterocycles. The molecule has 0 heterocycles. The number of carbonyl (C=O) groups is 1. The quantitative estimate of drug-likeness (QED) is 0.718. The van der Waals surface area contributed by atoms with Gasteiger partial charge >= 0.3 is 0 Å². The Labute approximate surface area is 86.4 Å². The van der Waals surface area contributed by atoms with Crippen molar-refractivity contribution < 1.29 is 4.79 Å². The van der Waals surface area contributed by atoms with Gasteiger partial charge in [0.15, 0.2) is 0 Å². The van der Waals surface area contributed by atoms with E-state index >= 15 is 0 Å². The van der Waals surface area contributed by atoms with Crippen LogP contribution in [0.1, 0.15) is 46.0 Å². The molecule has 1 atom stereocenters. The lowest BCUT2D eigenvalue weighted by Crippen LogP contribution is -2.38. The van der Waals surface area contributed by atoms with E-state index in [9.17, 15) is 4.79 Å². The molecule has 3 N–H and O–H groups in total. The highest BCUT2D eigenvalue weighted by atomic mass is 16.1. The molecule has 0 aliphatic heterocycles. The molecule has 1 unspecified atom stereocenters. The SMILES string of the molecule is CC1(C)CCCC(NCCC(N)=O)C1. The van der Waals surface area contributed by atoms with E-state index in [4.69, 9.17) is 5.73 Å². The van der Waals surface area contributed by atoms with Gasteiger partial charge in [-0.1, -0.05) is 20.3 Å². The second-order valence-corrected chi connectivity index (χ2v) is 5.13. The summed E-state index contributed by atoms with van der Waals surface area (Å²) < 4.78 is 0. The van der Waals surface area contributed by atoms with Crippen molar-refractivity contribution in [2.45, 2.75) is 52.0 Å². The van der Waals surface area contributed by atoms with E-state index in [0.29, 0.717) is 17.9 Å². The Morgan fingerprint density at radius 1 is 1.57 bits per heavy atom. The minimum absolute atomic E-state index is 0.215. The normalized spacial score (nSPS) is 26.0. The molecule has 1 aliphatic rings. The van der Waals surface area contributed by atoms with Gasteiger partial charge in [-0.25, -0.2) is 0 Å². The van der Waals surface area contributed by atoms with E-state index in [1.165, 1.54) is 25.7 Å². The lowest BCUT2D eigenvalue weighted by molar-refractivity contribution is -0.117. The van der Waals surface area contributed by atoms with E-state index in [2.05, 4.69) is 19.2 Å². The molecule has 14 heavy (non-hydrogen) atoms. The predicted octanol–water partition coefficient (Wildman–Crippen LogP) is 1.42. The van der Waals surface area contributed by atoms with E-state index in [0.717, 1.165) is 6.54 Å². The highest BCUT2D eigenvalue weighted by Gasteiger charge is 2.27. The van der Waals surface area contributed by atoms with Crippen molar-refractivity contribution in [2.75, 3.05) is 6.54 Å². The number of primary amides is 1. The van der Waals surface area contributed by atoms with E-state index in [1.807, 2.05) is 0 Å². The molecule has 0 bridgehead atoms. The fourth-order valence-electron chi connectivity index (χ4n) is 2.27. The first-order valence-corrected chi connectivity index (χ1v) is 5.51. The molecule has 1 aliphatic carbocycles. The van der Waals surface area contributed by atoms with Crippen LogP contribution >= 0.6 is 0 Å². The lowest BCUT2D eigenvalue weighted by atomic mass is 9.75. The summed E-state index contributed by atoms with van der Waals surface area (Å²) in [6, 6.07) is 0.582. The highest BCUT2D eigenvalue weighted by Crippen LogP contribution is 2.34. The van der Waals surface area contributed by atoms with E-state index < -0.39 is 0 Å². The van der Waals surface area contributed by atoms with Crippen molar-refractivity contribution in [1.29, 1.82) is 0 Å². The summed E-state index contributed by atoms with van der Waals surface area (Å²) in [5, 5.41) is 3.41. The summed E-state index contributed by atoms with van der Waals surface area (Å²) in [7, 11) is 0. The van der Waals surface area contributed by atoms with Crippen LogP contribution in [-0.2, 0) is 4.79 Å². The number of nitrogens with two attached hydrogens (primary N) is 1. The average molecular weight is 198 g/mol. The molecule has 1 rings (SSSR count). The van der Waals surface area contributed by atoms with Crippen molar-refractivity contribution in [3.05, 3.63) is 0 Å². The minimum Gasteiger partial charge on any atom is -0.370 e. The molecule has 3 nitrogen and oxygen atoms in total. The highest BCUT2D eigenvalue weighted by molar-refractivity contribution is 5.73. The molecule has 0 aromatic carbocycles. The summed E-state index contributed by atoms with van der Waals surface area (Å²) in [5.74, 6) is -0.215. The Balaban J connectivity index is 2.21. The number of hydrogen-bond donors (Lipinski definition) is 2. The van der Waals surface area contributed by atoms with Crippen LogP contribution in [0.25, 0.3) is 0 Å². The number of amides is 1. The smallest absolute Gasteiger partial charge is 0.218 e.